The highest BCUT2D eigenvalue weighted by Gasteiger charge is 2.46. The van der Waals surface area contributed by atoms with Gasteiger partial charge in [-0.2, -0.15) is 0 Å². The smallest absolute Gasteiger partial charge is 0.0916 e. The Balaban J connectivity index is 2.27. The van der Waals surface area contributed by atoms with Crippen LogP contribution < -0.4 is 0 Å². The highest BCUT2D eigenvalue weighted by Crippen LogP contribution is 2.54. The zero-order chi connectivity index (χ0) is 8.18. The number of rotatable bonds is 0. The first-order chi connectivity index (χ1) is 5.80. The Bertz CT molecular complexity index is 332. The molecule has 0 N–H and O–H groups in total. The van der Waals surface area contributed by atoms with Crippen LogP contribution in [-0.4, -0.2) is 0 Å². The molecule has 1 nitrogen and oxygen atoms in total. The fourth-order valence-corrected chi connectivity index (χ4v) is 2.51. The van der Waals surface area contributed by atoms with Crippen molar-refractivity contribution in [3.63, 3.8) is 0 Å². The summed E-state index contributed by atoms with van der Waals surface area (Å²) in [5.41, 5.74) is 2.88. The van der Waals surface area contributed by atoms with Gasteiger partial charge < -0.3 is 4.74 Å². The van der Waals surface area contributed by atoms with E-state index >= 15 is 0 Å². The molecule has 1 aromatic rings. The minimum absolute atomic E-state index is 0.0429. The standard InChI is InChI=1S/C11H12O/c1-11-7-6-10(12-11)8-4-2-3-5-9(8)11/h2-5,10H,6-7H2,1H3/t10?,11-/m0/s1. The van der Waals surface area contributed by atoms with Crippen LogP contribution in [0.3, 0.4) is 0 Å². The molecule has 0 aromatic heterocycles. The zero-order valence-electron chi connectivity index (χ0n) is 7.21. The topological polar surface area (TPSA) is 9.23 Å². The van der Waals surface area contributed by atoms with Crippen molar-refractivity contribution in [2.45, 2.75) is 31.5 Å². The van der Waals surface area contributed by atoms with Gasteiger partial charge in [-0.25, -0.2) is 0 Å². The van der Waals surface area contributed by atoms with Gasteiger partial charge in [-0.05, 0) is 30.9 Å². The number of hydrogen-bond donors (Lipinski definition) is 0. The van der Waals surface area contributed by atoms with E-state index in [1.165, 1.54) is 24.0 Å². The summed E-state index contributed by atoms with van der Waals surface area (Å²) in [5.74, 6) is 0. The summed E-state index contributed by atoms with van der Waals surface area (Å²) in [6.45, 7) is 2.21. The van der Waals surface area contributed by atoms with Gasteiger partial charge in [0.05, 0.1) is 11.7 Å². The molecule has 12 heavy (non-hydrogen) atoms. The second kappa shape index (κ2) is 1.91. The molecule has 3 rings (SSSR count). The molecular formula is C11H12O. The maximum absolute atomic E-state index is 5.93. The fraction of sp³-hybridized carbons (Fsp3) is 0.455. The van der Waals surface area contributed by atoms with Gasteiger partial charge in [0.1, 0.15) is 0 Å². The third kappa shape index (κ3) is 0.632. The Morgan fingerprint density at radius 1 is 1.42 bits per heavy atom. The van der Waals surface area contributed by atoms with E-state index in [-0.39, 0.29) is 5.60 Å². The van der Waals surface area contributed by atoms with Crippen LogP contribution in [0.1, 0.15) is 37.0 Å². The van der Waals surface area contributed by atoms with Crippen LogP contribution in [0.25, 0.3) is 0 Å². The molecule has 1 fully saturated rings. The SMILES string of the molecule is C[C@@]12CCC(O1)c1ccccc12. The number of ether oxygens (including phenoxy) is 1. The van der Waals surface area contributed by atoms with E-state index in [4.69, 9.17) is 4.74 Å². The minimum Gasteiger partial charge on any atom is -0.363 e. The van der Waals surface area contributed by atoms with E-state index < -0.39 is 0 Å². The maximum atomic E-state index is 5.93. The van der Waals surface area contributed by atoms with Gasteiger partial charge in [0.2, 0.25) is 0 Å². The lowest BCUT2D eigenvalue weighted by atomic mass is 9.84. The van der Waals surface area contributed by atoms with Gasteiger partial charge >= 0.3 is 0 Å². The molecule has 2 atom stereocenters. The lowest BCUT2D eigenvalue weighted by Gasteiger charge is -2.20. The van der Waals surface area contributed by atoms with Crippen molar-refractivity contribution in [1.82, 2.24) is 0 Å². The Morgan fingerprint density at radius 2 is 2.25 bits per heavy atom. The van der Waals surface area contributed by atoms with Crippen molar-refractivity contribution in [2.75, 3.05) is 0 Å². The largest absolute Gasteiger partial charge is 0.363 e. The van der Waals surface area contributed by atoms with Crippen LogP contribution >= 0.6 is 0 Å². The summed E-state index contributed by atoms with van der Waals surface area (Å²) in [4.78, 5) is 0. The first-order valence-electron chi connectivity index (χ1n) is 4.57. The van der Waals surface area contributed by atoms with Crippen LogP contribution in [0.5, 0.6) is 0 Å². The van der Waals surface area contributed by atoms with Gasteiger partial charge in [-0.1, -0.05) is 24.3 Å². The third-order valence-corrected chi connectivity index (χ3v) is 3.16. The maximum Gasteiger partial charge on any atom is 0.0916 e. The van der Waals surface area contributed by atoms with E-state index in [0.717, 1.165) is 0 Å². The summed E-state index contributed by atoms with van der Waals surface area (Å²) < 4.78 is 5.93. The van der Waals surface area contributed by atoms with Crippen molar-refractivity contribution in [3.8, 4) is 0 Å². The molecule has 2 bridgehead atoms. The van der Waals surface area contributed by atoms with Gasteiger partial charge in [-0.3, -0.25) is 0 Å². The molecule has 1 saturated heterocycles. The molecule has 1 unspecified atom stereocenters. The lowest BCUT2D eigenvalue weighted by Crippen LogP contribution is -2.16. The van der Waals surface area contributed by atoms with Crippen molar-refractivity contribution in [1.29, 1.82) is 0 Å². The fourth-order valence-electron chi connectivity index (χ4n) is 2.51. The van der Waals surface area contributed by atoms with Crippen LogP contribution in [0.4, 0.5) is 0 Å². The van der Waals surface area contributed by atoms with Crippen molar-refractivity contribution >= 4 is 0 Å². The monoisotopic (exact) mass is 160 g/mol. The number of benzene rings is 1. The van der Waals surface area contributed by atoms with Crippen LogP contribution in [0, 0.1) is 0 Å². The van der Waals surface area contributed by atoms with E-state index in [1.807, 2.05) is 0 Å². The Kier molecular flexibility index (Phi) is 1.06. The molecule has 0 radical (unpaired) electrons. The van der Waals surface area contributed by atoms with Crippen molar-refractivity contribution < 1.29 is 4.74 Å². The third-order valence-electron chi connectivity index (χ3n) is 3.16. The highest BCUT2D eigenvalue weighted by atomic mass is 16.5. The summed E-state index contributed by atoms with van der Waals surface area (Å²) in [7, 11) is 0. The molecule has 1 heteroatoms. The molecule has 0 saturated carbocycles. The molecule has 2 heterocycles. The van der Waals surface area contributed by atoms with E-state index in [9.17, 15) is 0 Å². The average molecular weight is 160 g/mol. The van der Waals surface area contributed by atoms with Crippen molar-refractivity contribution in [2.24, 2.45) is 0 Å². The quantitative estimate of drug-likeness (QED) is 0.567. The van der Waals surface area contributed by atoms with Gasteiger partial charge in [-0.15, -0.1) is 0 Å². The molecular weight excluding hydrogens is 148 g/mol. The molecule has 2 aliphatic heterocycles. The first kappa shape index (κ1) is 6.67. The van der Waals surface area contributed by atoms with Crippen LogP contribution in [-0.2, 0) is 10.3 Å². The van der Waals surface area contributed by atoms with Crippen molar-refractivity contribution in [3.05, 3.63) is 35.4 Å². The van der Waals surface area contributed by atoms with Gasteiger partial charge in [0.25, 0.3) is 0 Å². The molecule has 0 amide bonds. The lowest BCUT2D eigenvalue weighted by molar-refractivity contribution is -0.00700. The average Bonchev–Trinajstić information content (AvgIpc) is 2.60. The summed E-state index contributed by atoms with van der Waals surface area (Å²) in [5, 5.41) is 0. The van der Waals surface area contributed by atoms with Crippen LogP contribution in [0.2, 0.25) is 0 Å². The number of fused-ring (bicyclic) bond motifs is 5. The summed E-state index contributed by atoms with van der Waals surface area (Å²) in [6.07, 6.45) is 2.79. The van der Waals surface area contributed by atoms with E-state index in [0.29, 0.717) is 6.10 Å². The van der Waals surface area contributed by atoms with E-state index in [1.54, 1.807) is 0 Å². The molecule has 1 aromatic carbocycles. The Hall–Kier alpha value is -0.820. The first-order valence-corrected chi connectivity index (χ1v) is 4.57. The normalized spacial score (nSPS) is 36.9. The Morgan fingerprint density at radius 3 is 3.08 bits per heavy atom. The second-order valence-electron chi connectivity index (χ2n) is 3.96. The number of hydrogen-bond acceptors (Lipinski definition) is 1. The highest BCUT2D eigenvalue weighted by molar-refractivity contribution is 5.39. The predicted molar refractivity (Wildman–Crippen MR) is 46.9 cm³/mol. The predicted octanol–water partition coefficient (Wildman–Crippen LogP) is 2.77. The summed E-state index contributed by atoms with van der Waals surface area (Å²) >= 11 is 0. The summed E-state index contributed by atoms with van der Waals surface area (Å²) in [6, 6.07) is 8.61. The van der Waals surface area contributed by atoms with Gasteiger partial charge in [0, 0.05) is 0 Å². The molecule has 2 aliphatic rings. The second-order valence-corrected chi connectivity index (χ2v) is 3.96. The Labute approximate surface area is 72.4 Å². The van der Waals surface area contributed by atoms with Gasteiger partial charge in [0.15, 0.2) is 0 Å². The molecule has 0 spiro atoms. The van der Waals surface area contributed by atoms with Crippen LogP contribution in [0.15, 0.2) is 24.3 Å². The zero-order valence-corrected chi connectivity index (χ0v) is 7.21. The minimum atomic E-state index is 0.0429. The molecule has 0 aliphatic carbocycles. The van der Waals surface area contributed by atoms with E-state index in [2.05, 4.69) is 31.2 Å². The molecule has 62 valence electrons.